The normalized spacial score (nSPS) is 20.1. The van der Waals surface area contributed by atoms with Crippen molar-refractivity contribution in [2.24, 2.45) is 0 Å². The van der Waals surface area contributed by atoms with E-state index in [1.54, 1.807) is 6.07 Å². The minimum absolute atomic E-state index is 0.0142. The molecule has 2 aromatic rings. The lowest BCUT2D eigenvalue weighted by molar-refractivity contribution is -0.115. The molecule has 31 heavy (non-hydrogen) atoms. The van der Waals surface area contributed by atoms with Crippen LogP contribution < -0.4 is 10.2 Å². The Morgan fingerprint density at radius 1 is 1.13 bits per heavy atom. The summed E-state index contributed by atoms with van der Waals surface area (Å²) >= 11 is 12.9. The fraction of sp³-hybridized carbons (Fsp3) is 0.391. The van der Waals surface area contributed by atoms with Gasteiger partial charge in [-0.05, 0) is 56.0 Å². The zero-order chi connectivity index (χ0) is 22.3. The maximum absolute atomic E-state index is 13.0. The molecule has 1 saturated heterocycles. The van der Waals surface area contributed by atoms with E-state index < -0.39 is 6.09 Å². The molecule has 0 aliphatic carbocycles. The third kappa shape index (κ3) is 4.06. The van der Waals surface area contributed by atoms with Gasteiger partial charge in [-0.2, -0.15) is 0 Å². The second-order valence-electron chi connectivity index (χ2n) is 8.24. The van der Waals surface area contributed by atoms with Gasteiger partial charge in [0.15, 0.2) is 0 Å². The molecule has 0 bridgehead atoms. The Bertz CT molecular complexity index is 1040. The Hall–Kier alpha value is -2.44. The zero-order valence-corrected chi connectivity index (χ0v) is 19.0. The van der Waals surface area contributed by atoms with E-state index in [9.17, 15) is 14.7 Å². The van der Waals surface area contributed by atoms with Crippen molar-refractivity contribution in [3.05, 3.63) is 57.1 Å². The van der Waals surface area contributed by atoms with Gasteiger partial charge in [-0.25, -0.2) is 4.79 Å². The van der Waals surface area contributed by atoms with Gasteiger partial charge in [0.05, 0.1) is 16.6 Å². The van der Waals surface area contributed by atoms with Crippen LogP contribution in [0.4, 0.5) is 16.2 Å². The van der Waals surface area contributed by atoms with E-state index >= 15 is 0 Å². The highest BCUT2D eigenvalue weighted by molar-refractivity contribution is 6.42. The highest BCUT2D eigenvalue weighted by Gasteiger charge is 2.42. The summed E-state index contributed by atoms with van der Waals surface area (Å²) in [5.41, 5.74) is 4.78. The van der Waals surface area contributed by atoms with Crippen molar-refractivity contribution in [2.45, 2.75) is 38.6 Å². The molecule has 2 aromatic carbocycles. The molecule has 2 aliphatic heterocycles. The molecule has 2 unspecified atom stereocenters. The predicted molar refractivity (Wildman–Crippen MR) is 124 cm³/mol. The monoisotopic (exact) mass is 461 g/mol. The van der Waals surface area contributed by atoms with Gasteiger partial charge in [0, 0.05) is 42.0 Å². The number of hydrogen-bond acceptors (Lipinski definition) is 3. The first-order chi connectivity index (χ1) is 14.8. The lowest BCUT2D eigenvalue weighted by atomic mass is 9.91. The topological polar surface area (TPSA) is 72.9 Å². The smallest absolute Gasteiger partial charge is 0.407 e. The van der Waals surface area contributed by atoms with Gasteiger partial charge in [-0.3, -0.25) is 4.79 Å². The highest BCUT2D eigenvalue weighted by atomic mass is 35.5. The number of likely N-dealkylation sites (tertiary alicyclic amines) is 1. The number of benzene rings is 2. The third-order valence-electron chi connectivity index (χ3n) is 6.52. The van der Waals surface area contributed by atoms with Crippen molar-refractivity contribution in [1.82, 2.24) is 4.90 Å². The fourth-order valence-corrected chi connectivity index (χ4v) is 5.23. The first-order valence-electron chi connectivity index (χ1n) is 10.4. The summed E-state index contributed by atoms with van der Waals surface area (Å²) in [6, 6.07) is 9.49. The molecule has 2 heterocycles. The molecule has 8 heteroatoms. The summed E-state index contributed by atoms with van der Waals surface area (Å²) in [5.74, 6) is -0.0928. The number of carbonyl (C=O) groups excluding carboxylic acids is 1. The van der Waals surface area contributed by atoms with Crippen molar-refractivity contribution in [2.75, 3.05) is 29.9 Å². The molecule has 2 N–H and O–H groups in total. The minimum atomic E-state index is -0.920. The fourth-order valence-electron chi connectivity index (χ4n) is 4.76. The van der Waals surface area contributed by atoms with Crippen molar-refractivity contribution in [3.8, 4) is 0 Å². The van der Waals surface area contributed by atoms with Crippen molar-refractivity contribution < 1.29 is 14.7 Å². The van der Waals surface area contributed by atoms with Gasteiger partial charge >= 0.3 is 6.09 Å². The molecule has 164 valence electrons. The molecule has 6 nitrogen and oxygen atoms in total. The highest BCUT2D eigenvalue weighted by Crippen LogP contribution is 2.50. The number of anilines is 2. The van der Waals surface area contributed by atoms with Crippen LogP contribution in [0.2, 0.25) is 10.0 Å². The standard InChI is InChI=1S/C23H25Cl2N3O3/c1-13-4-3-5-17(14(13)2)26-20(29)12-28-18-9-11-27(23(30)31)10-8-15(18)21-19(28)7-6-16(24)22(21)25/h3-7,15,18H,8-12H2,1-2H3,(H,26,29)(H,30,31). The number of rotatable bonds is 3. The van der Waals surface area contributed by atoms with E-state index in [4.69, 9.17) is 23.2 Å². The van der Waals surface area contributed by atoms with Crippen LogP contribution in [-0.2, 0) is 4.79 Å². The Morgan fingerprint density at radius 3 is 2.61 bits per heavy atom. The Labute approximate surface area is 191 Å². The maximum Gasteiger partial charge on any atom is 0.407 e. The first kappa shape index (κ1) is 21.8. The number of fused-ring (bicyclic) bond motifs is 3. The number of nitrogens with zero attached hydrogens (tertiary/aromatic N) is 2. The summed E-state index contributed by atoms with van der Waals surface area (Å²) < 4.78 is 0. The molecule has 1 fully saturated rings. The van der Waals surface area contributed by atoms with Crippen LogP contribution in [0.5, 0.6) is 0 Å². The van der Waals surface area contributed by atoms with Crippen molar-refractivity contribution in [1.29, 1.82) is 0 Å². The molecular weight excluding hydrogens is 437 g/mol. The van der Waals surface area contributed by atoms with Crippen LogP contribution in [0.25, 0.3) is 0 Å². The zero-order valence-electron chi connectivity index (χ0n) is 17.5. The number of halogens is 2. The molecule has 0 spiro atoms. The SMILES string of the molecule is Cc1cccc(NC(=O)CN2c3ccc(Cl)c(Cl)c3C3CCN(C(=O)O)CCC32)c1C. The van der Waals surface area contributed by atoms with E-state index in [1.165, 1.54) is 4.90 Å². The van der Waals surface area contributed by atoms with Gasteiger partial charge in [0.25, 0.3) is 0 Å². The summed E-state index contributed by atoms with van der Waals surface area (Å²) in [7, 11) is 0. The van der Waals surface area contributed by atoms with E-state index in [-0.39, 0.29) is 24.4 Å². The summed E-state index contributed by atoms with van der Waals surface area (Å²) in [4.78, 5) is 28.0. The Morgan fingerprint density at radius 2 is 1.87 bits per heavy atom. The van der Waals surface area contributed by atoms with Gasteiger partial charge in [0.2, 0.25) is 5.91 Å². The molecule has 2 atom stereocenters. The number of carboxylic acid groups (broad SMARTS) is 1. The van der Waals surface area contributed by atoms with Gasteiger partial charge < -0.3 is 20.2 Å². The van der Waals surface area contributed by atoms with Crippen LogP contribution in [0.15, 0.2) is 30.3 Å². The number of hydrogen-bond donors (Lipinski definition) is 2. The van der Waals surface area contributed by atoms with Crippen molar-refractivity contribution in [3.63, 3.8) is 0 Å². The van der Waals surface area contributed by atoms with Crippen molar-refractivity contribution >= 4 is 46.6 Å². The van der Waals surface area contributed by atoms with Gasteiger partial charge in [0.1, 0.15) is 0 Å². The molecule has 4 rings (SSSR count). The molecule has 2 amide bonds. The molecule has 0 saturated carbocycles. The number of nitrogens with one attached hydrogen (secondary N) is 1. The lowest BCUT2D eigenvalue weighted by Gasteiger charge is -2.29. The quantitative estimate of drug-likeness (QED) is 0.650. The molecule has 2 aliphatic rings. The predicted octanol–water partition coefficient (Wildman–Crippen LogP) is 5.29. The number of carbonyl (C=O) groups is 2. The second-order valence-corrected chi connectivity index (χ2v) is 9.02. The second kappa shape index (κ2) is 8.60. The van der Waals surface area contributed by atoms with Crippen LogP contribution in [0.1, 0.15) is 35.4 Å². The van der Waals surface area contributed by atoms with Gasteiger partial charge in [-0.1, -0.05) is 35.3 Å². The molecule has 0 radical (unpaired) electrons. The van der Waals surface area contributed by atoms with Gasteiger partial charge in [-0.15, -0.1) is 0 Å². The number of amides is 2. The Kier molecular flexibility index (Phi) is 6.04. The Balaban J connectivity index is 1.63. The van der Waals surface area contributed by atoms with E-state index in [1.807, 2.05) is 38.1 Å². The van der Waals surface area contributed by atoms with E-state index in [0.29, 0.717) is 36.0 Å². The lowest BCUT2D eigenvalue weighted by Crippen LogP contribution is -2.40. The first-order valence-corrected chi connectivity index (χ1v) is 11.1. The van der Waals surface area contributed by atoms with E-state index in [0.717, 1.165) is 28.1 Å². The number of aryl methyl sites for hydroxylation is 1. The van der Waals surface area contributed by atoms with Crippen LogP contribution in [-0.4, -0.2) is 47.7 Å². The van der Waals surface area contributed by atoms with E-state index in [2.05, 4.69) is 10.2 Å². The summed E-state index contributed by atoms with van der Waals surface area (Å²) in [6.07, 6.45) is 0.340. The molecule has 0 aromatic heterocycles. The largest absolute Gasteiger partial charge is 0.465 e. The van der Waals surface area contributed by atoms with Crippen LogP contribution in [0.3, 0.4) is 0 Å². The minimum Gasteiger partial charge on any atom is -0.465 e. The average Bonchev–Trinajstić information content (AvgIpc) is 2.87. The average molecular weight is 462 g/mol. The maximum atomic E-state index is 13.0. The molecular formula is C23H25Cl2N3O3. The third-order valence-corrected chi connectivity index (χ3v) is 7.34. The summed E-state index contributed by atoms with van der Waals surface area (Å²) in [5, 5.41) is 13.4. The van der Waals surface area contributed by atoms with Crippen LogP contribution >= 0.6 is 23.2 Å². The van der Waals surface area contributed by atoms with Crippen LogP contribution in [0, 0.1) is 13.8 Å². The summed E-state index contributed by atoms with van der Waals surface area (Å²) in [6.45, 7) is 5.01.